The summed E-state index contributed by atoms with van der Waals surface area (Å²) in [6.07, 6.45) is 0. The summed E-state index contributed by atoms with van der Waals surface area (Å²) in [6, 6.07) is 8.21. The highest BCUT2D eigenvalue weighted by Gasteiger charge is 2.10. The highest BCUT2D eigenvalue weighted by Crippen LogP contribution is 2.12. The standard InChI is InChI=1S/C18H28N2O/c1-16(2)14-20(12-11-19(3)4)15-18-9-6-5-8-17(18)10-7-13-21/h5-6,8-9,16,21H,11-15H2,1-4H3. The SMILES string of the molecule is CC(C)CN(CCN(C)C)Cc1ccccc1C#CCO. The van der Waals surface area contributed by atoms with Crippen LogP contribution in [0.3, 0.4) is 0 Å². The maximum absolute atomic E-state index is 8.88. The van der Waals surface area contributed by atoms with Crippen LogP contribution >= 0.6 is 0 Å². The molecule has 0 aliphatic heterocycles. The summed E-state index contributed by atoms with van der Waals surface area (Å²) in [4.78, 5) is 4.69. The molecule has 3 heteroatoms. The van der Waals surface area contributed by atoms with Crippen molar-refractivity contribution in [3.05, 3.63) is 35.4 Å². The lowest BCUT2D eigenvalue weighted by atomic mass is 10.1. The third-order valence-electron chi connectivity index (χ3n) is 3.20. The molecular weight excluding hydrogens is 260 g/mol. The van der Waals surface area contributed by atoms with Crippen molar-refractivity contribution in [1.82, 2.24) is 9.80 Å². The van der Waals surface area contributed by atoms with Gasteiger partial charge in [-0.25, -0.2) is 0 Å². The van der Waals surface area contributed by atoms with Crippen LogP contribution in [-0.4, -0.2) is 55.2 Å². The summed E-state index contributed by atoms with van der Waals surface area (Å²) in [6.45, 7) is 8.49. The van der Waals surface area contributed by atoms with Crippen LogP contribution in [-0.2, 0) is 6.54 Å². The Kier molecular flexibility index (Phi) is 8.07. The van der Waals surface area contributed by atoms with E-state index in [-0.39, 0.29) is 6.61 Å². The molecule has 3 nitrogen and oxygen atoms in total. The van der Waals surface area contributed by atoms with E-state index in [0.29, 0.717) is 5.92 Å². The normalized spacial score (nSPS) is 11.0. The van der Waals surface area contributed by atoms with Gasteiger partial charge < -0.3 is 10.0 Å². The van der Waals surface area contributed by atoms with E-state index in [0.717, 1.165) is 31.7 Å². The number of hydrogen-bond donors (Lipinski definition) is 1. The average Bonchev–Trinajstić information content (AvgIpc) is 2.43. The largest absolute Gasteiger partial charge is 0.384 e. The van der Waals surface area contributed by atoms with Gasteiger partial charge in [0.2, 0.25) is 0 Å². The van der Waals surface area contributed by atoms with Crippen molar-refractivity contribution in [3.63, 3.8) is 0 Å². The Bertz CT molecular complexity index is 472. The van der Waals surface area contributed by atoms with Crippen molar-refractivity contribution in [1.29, 1.82) is 0 Å². The Balaban J connectivity index is 2.81. The minimum Gasteiger partial charge on any atom is -0.384 e. The van der Waals surface area contributed by atoms with Gasteiger partial charge in [0.15, 0.2) is 0 Å². The van der Waals surface area contributed by atoms with E-state index in [1.54, 1.807) is 0 Å². The van der Waals surface area contributed by atoms with Crippen LogP contribution in [0.2, 0.25) is 0 Å². The molecular formula is C18H28N2O. The molecule has 0 aromatic heterocycles. The van der Waals surface area contributed by atoms with Gasteiger partial charge in [-0.2, -0.15) is 0 Å². The minimum atomic E-state index is -0.0926. The van der Waals surface area contributed by atoms with Gasteiger partial charge in [0, 0.05) is 31.7 Å². The van der Waals surface area contributed by atoms with E-state index in [9.17, 15) is 0 Å². The summed E-state index contributed by atoms with van der Waals surface area (Å²) in [7, 11) is 4.21. The predicted molar refractivity (Wildman–Crippen MR) is 89.1 cm³/mol. The van der Waals surface area contributed by atoms with Crippen LogP contribution in [0, 0.1) is 17.8 Å². The van der Waals surface area contributed by atoms with Crippen molar-refractivity contribution < 1.29 is 5.11 Å². The molecule has 0 unspecified atom stereocenters. The number of nitrogens with zero attached hydrogens (tertiary/aromatic N) is 2. The van der Waals surface area contributed by atoms with E-state index < -0.39 is 0 Å². The van der Waals surface area contributed by atoms with E-state index in [2.05, 4.69) is 61.7 Å². The lowest BCUT2D eigenvalue weighted by molar-refractivity contribution is 0.211. The molecule has 0 fully saturated rings. The Morgan fingerprint density at radius 3 is 2.48 bits per heavy atom. The molecule has 0 heterocycles. The second kappa shape index (κ2) is 9.57. The van der Waals surface area contributed by atoms with Crippen molar-refractivity contribution in [2.75, 3.05) is 40.3 Å². The third kappa shape index (κ3) is 7.29. The molecule has 0 aliphatic carbocycles. The predicted octanol–water partition coefficient (Wildman–Crippen LogP) is 2.05. The molecule has 0 amide bonds. The van der Waals surface area contributed by atoms with Gasteiger partial charge in [0.05, 0.1) is 0 Å². The third-order valence-corrected chi connectivity index (χ3v) is 3.20. The molecule has 116 valence electrons. The van der Waals surface area contributed by atoms with Crippen LogP contribution in [0.15, 0.2) is 24.3 Å². The first-order chi connectivity index (χ1) is 10.0. The molecule has 1 aromatic rings. The number of benzene rings is 1. The first-order valence-electron chi connectivity index (χ1n) is 7.57. The van der Waals surface area contributed by atoms with Crippen LogP contribution < -0.4 is 0 Å². The number of hydrogen-bond acceptors (Lipinski definition) is 3. The van der Waals surface area contributed by atoms with E-state index >= 15 is 0 Å². The first kappa shape index (κ1) is 17.7. The fraction of sp³-hybridized carbons (Fsp3) is 0.556. The van der Waals surface area contributed by atoms with Crippen LogP contribution in [0.25, 0.3) is 0 Å². The maximum atomic E-state index is 8.88. The van der Waals surface area contributed by atoms with Gasteiger partial charge in [0.25, 0.3) is 0 Å². The molecule has 1 rings (SSSR count). The van der Waals surface area contributed by atoms with Gasteiger partial charge >= 0.3 is 0 Å². The minimum absolute atomic E-state index is 0.0926. The van der Waals surface area contributed by atoms with E-state index in [1.165, 1.54) is 5.56 Å². The number of likely N-dealkylation sites (N-methyl/N-ethyl adjacent to an activating group) is 1. The molecule has 0 radical (unpaired) electrons. The van der Waals surface area contributed by atoms with Crippen LogP contribution in [0.1, 0.15) is 25.0 Å². The smallest absolute Gasteiger partial charge is 0.104 e. The summed E-state index contributed by atoms with van der Waals surface area (Å²) >= 11 is 0. The van der Waals surface area contributed by atoms with E-state index in [1.807, 2.05) is 12.1 Å². The molecule has 0 spiro atoms. The summed E-state index contributed by atoms with van der Waals surface area (Å²) in [5.74, 6) is 6.44. The Hall–Kier alpha value is -1.34. The first-order valence-corrected chi connectivity index (χ1v) is 7.57. The monoisotopic (exact) mass is 288 g/mol. The Morgan fingerprint density at radius 1 is 1.14 bits per heavy atom. The summed E-state index contributed by atoms with van der Waals surface area (Å²) in [5, 5.41) is 8.88. The van der Waals surface area contributed by atoms with Crippen LogP contribution in [0.5, 0.6) is 0 Å². The van der Waals surface area contributed by atoms with Gasteiger partial charge in [-0.15, -0.1) is 0 Å². The fourth-order valence-corrected chi connectivity index (χ4v) is 2.25. The highest BCUT2D eigenvalue weighted by atomic mass is 16.2. The lowest BCUT2D eigenvalue weighted by Gasteiger charge is -2.26. The van der Waals surface area contributed by atoms with Gasteiger partial charge in [0.1, 0.15) is 6.61 Å². The Morgan fingerprint density at radius 2 is 1.86 bits per heavy atom. The fourth-order valence-electron chi connectivity index (χ4n) is 2.25. The molecule has 0 aliphatic rings. The lowest BCUT2D eigenvalue weighted by Crippen LogP contribution is -2.34. The van der Waals surface area contributed by atoms with Gasteiger partial charge in [-0.05, 0) is 31.6 Å². The quantitative estimate of drug-likeness (QED) is 0.778. The molecule has 1 N–H and O–H groups in total. The molecule has 1 aromatic carbocycles. The molecule has 0 atom stereocenters. The Labute approximate surface area is 129 Å². The highest BCUT2D eigenvalue weighted by molar-refractivity contribution is 5.41. The zero-order valence-corrected chi connectivity index (χ0v) is 13.8. The molecule has 0 saturated heterocycles. The van der Waals surface area contributed by atoms with Crippen molar-refractivity contribution in [2.24, 2.45) is 5.92 Å². The van der Waals surface area contributed by atoms with Crippen molar-refractivity contribution in [2.45, 2.75) is 20.4 Å². The second-order valence-corrected chi connectivity index (χ2v) is 6.05. The van der Waals surface area contributed by atoms with Crippen LogP contribution in [0.4, 0.5) is 0 Å². The van der Waals surface area contributed by atoms with Gasteiger partial charge in [-0.1, -0.05) is 43.9 Å². The van der Waals surface area contributed by atoms with Crippen molar-refractivity contribution >= 4 is 0 Å². The zero-order valence-electron chi connectivity index (χ0n) is 13.8. The molecule has 21 heavy (non-hydrogen) atoms. The topological polar surface area (TPSA) is 26.7 Å². The number of aliphatic hydroxyl groups excluding tert-OH is 1. The zero-order chi connectivity index (χ0) is 15.7. The van der Waals surface area contributed by atoms with Crippen molar-refractivity contribution in [3.8, 4) is 11.8 Å². The summed E-state index contributed by atoms with van der Waals surface area (Å²) in [5.41, 5.74) is 2.25. The molecule has 0 saturated carbocycles. The summed E-state index contributed by atoms with van der Waals surface area (Å²) < 4.78 is 0. The molecule has 0 bridgehead atoms. The van der Waals surface area contributed by atoms with E-state index in [4.69, 9.17) is 5.11 Å². The van der Waals surface area contributed by atoms with Gasteiger partial charge in [-0.3, -0.25) is 4.90 Å². The second-order valence-electron chi connectivity index (χ2n) is 6.05. The maximum Gasteiger partial charge on any atom is 0.104 e. The number of aliphatic hydroxyl groups is 1. The number of rotatable bonds is 7. The average molecular weight is 288 g/mol.